The number of thiophene rings is 1. The number of hydrogen-bond acceptors (Lipinski definition) is 11. The molecule has 1 fully saturated rings. The zero-order valence-corrected chi connectivity index (χ0v) is 24.7. The van der Waals surface area contributed by atoms with Crippen LogP contribution in [0, 0.1) is 11.3 Å². The highest BCUT2D eigenvalue weighted by molar-refractivity contribution is 8.41. The van der Waals surface area contributed by atoms with Crippen molar-refractivity contribution in [3.05, 3.63) is 38.6 Å². The maximum Gasteiger partial charge on any atom is 0.261 e. The molecule has 0 aromatic carbocycles. The number of rotatable bonds is 8. The van der Waals surface area contributed by atoms with Crippen LogP contribution in [0.15, 0.2) is 22.2 Å². The summed E-state index contributed by atoms with van der Waals surface area (Å²) < 4.78 is 35.0. The first kappa shape index (κ1) is 31.1. The van der Waals surface area contributed by atoms with Gasteiger partial charge in [0.25, 0.3) is 15.9 Å². The van der Waals surface area contributed by atoms with E-state index in [2.05, 4.69) is 5.32 Å². The molecule has 2 aliphatic heterocycles. The maximum atomic E-state index is 13.4. The van der Waals surface area contributed by atoms with E-state index in [1.165, 1.54) is 17.2 Å². The molecule has 13 nitrogen and oxygen atoms in total. The molecule has 2 atom stereocenters. The molecule has 1 aromatic rings. The fourth-order valence-corrected chi connectivity index (χ4v) is 8.14. The first-order valence-electron chi connectivity index (χ1n) is 11.4. The Balaban J connectivity index is 1.65. The summed E-state index contributed by atoms with van der Waals surface area (Å²) in [4.78, 5) is 39.6. The van der Waals surface area contributed by atoms with Crippen molar-refractivity contribution in [2.24, 2.45) is 16.8 Å². The number of amides is 2. The van der Waals surface area contributed by atoms with Gasteiger partial charge in [-0.3, -0.25) is 19.8 Å². The molecule has 2 aliphatic rings. The summed E-state index contributed by atoms with van der Waals surface area (Å²) in [5.74, 6) is -1.64. The molecule has 3 rings (SSSR count). The van der Waals surface area contributed by atoms with Crippen molar-refractivity contribution >= 4 is 87.2 Å². The van der Waals surface area contributed by atoms with Gasteiger partial charge in [-0.25, -0.2) is 23.9 Å². The number of carbonyl (C=O) groups is 3. The highest BCUT2D eigenvalue weighted by atomic mass is 35.5. The fraction of sp³-hybridized carbons (Fsp3) is 0.429. The number of fused-ring (bicyclic) bond motifs is 2. The first-order chi connectivity index (χ1) is 18.1. The Morgan fingerprint density at radius 3 is 2.72 bits per heavy atom. The maximum absolute atomic E-state index is 13.4. The van der Waals surface area contributed by atoms with Gasteiger partial charge in [-0.15, -0.1) is 11.3 Å². The van der Waals surface area contributed by atoms with E-state index in [1.54, 1.807) is 13.8 Å². The van der Waals surface area contributed by atoms with Crippen LogP contribution in [0.2, 0.25) is 4.34 Å². The molecule has 2 amide bonds. The minimum absolute atomic E-state index is 0.0809. The lowest BCUT2D eigenvalue weighted by Crippen LogP contribution is -2.47. The van der Waals surface area contributed by atoms with Crippen LogP contribution in [0.5, 0.6) is 0 Å². The number of allylic oxidation sites excluding steroid dienone is 1. The fourth-order valence-electron chi connectivity index (χ4n) is 3.85. The number of halogens is 1. The zero-order chi connectivity index (χ0) is 29.2. The summed E-state index contributed by atoms with van der Waals surface area (Å²) in [5.41, 5.74) is 6.52. The molecule has 18 heteroatoms. The van der Waals surface area contributed by atoms with Crippen molar-refractivity contribution < 1.29 is 27.0 Å². The van der Waals surface area contributed by atoms with Gasteiger partial charge in [-0.05, 0) is 40.4 Å². The molecule has 6 N–H and O–H groups in total. The van der Waals surface area contributed by atoms with Gasteiger partial charge in [0, 0.05) is 17.9 Å². The molecular weight excluding hydrogens is 610 g/mol. The number of ketones is 1. The second-order valence-corrected chi connectivity index (χ2v) is 14.9. The summed E-state index contributed by atoms with van der Waals surface area (Å²) in [6.07, 6.45) is 1.85. The van der Waals surface area contributed by atoms with Crippen LogP contribution >= 0.6 is 34.7 Å². The normalized spacial score (nSPS) is 19.6. The zero-order valence-electron chi connectivity index (χ0n) is 20.7. The molecule has 0 spiro atoms. The summed E-state index contributed by atoms with van der Waals surface area (Å²) in [6, 6.07) is -0.113. The Hall–Kier alpha value is -2.44. The number of primary sulfonamides is 1. The Morgan fingerprint density at radius 1 is 1.44 bits per heavy atom. The molecule has 39 heavy (non-hydrogen) atoms. The lowest BCUT2D eigenvalue weighted by atomic mass is 9.98. The van der Waals surface area contributed by atoms with Crippen LogP contribution in [-0.4, -0.2) is 57.5 Å². The standard InChI is InChI=1S/C21H26ClN7O6S4/c1-9(2)16(31)13-7-12(18-29(13)17(32)11-6-14(22)36-19(11)38(18)33)27-8-10(23)4-3-5-15(30)28-20(24)37-21(25)39(26,34)35/h6,8-9,12-13,25H,3-5,7H2,1-2H3,(H6-,23,24,26,27,28,30,32,33,34,35)/q-2/p-1/t12-,13-/m1/s1. The van der Waals surface area contributed by atoms with Gasteiger partial charge in [0.1, 0.15) is 5.91 Å². The van der Waals surface area contributed by atoms with E-state index in [0.717, 1.165) is 11.3 Å². The predicted molar refractivity (Wildman–Crippen MR) is 153 cm³/mol. The van der Waals surface area contributed by atoms with Gasteiger partial charge in [0.2, 0.25) is 4.38 Å². The lowest BCUT2D eigenvalue weighted by molar-refractivity contribution is -0.125. The van der Waals surface area contributed by atoms with Gasteiger partial charge in [0.05, 0.1) is 10.4 Å². The van der Waals surface area contributed by atoms with Gasteiger partial charge in [-0.2, -0.15) is 6.20 Å². The Kier molecular flexibility index (Phi) is 9.87. The van der Waals surface area contributed by atoms with Gasteiger partial charge in [0.15, 0.2) is 5.78 Å². The highest BCUT2D eigenvalue weighted by Gasteiger charge is 2.41. The SMILES string of the molecule is CC(C)C(=O)[C@H]1C[C@@H]([N-]/C=C(\N)CCCC(=O)NC(=[N-])SC(=N)S(N)(=O)=O)C2=[S-](=O)c3sc(Cl)cc3C(=O)N21. The van der Waals surface area contributed by atoms with Crippen molar-refractivity contribution in [2.75, 3.05) is 0 Å². The number of nitrogens with two attached hydrogens (primary N) is 2. The Morgan fingerprint density at radius 2 is 2.10 bits per heavy atom. The first-order valence-corrected chi connectivity index (χ1v) is 16.1. The van der Waals surface area contributed by atoms with Crippen molar-refractivity contribution in [1.82, 2.24) is 10.2 Å². The van der Waals surface area contributed by atoms with E-state index >= 15 is 0 Å². The number of thioether (sulfide) groups is 1. The summed E-state index contributed by atoms with van der Waals surface area (Å²) in [7, 11) is -6.05. The summed E-state index contributed by atoms with van der Waals surface area (Å²) >= 11 is 7.19. The largest absolute Gasteiger partial charge is 0.683 e. The van der Waals surface area contributed by atoms with E-state index in [9.17, 15) is 32.4 Å². The molecule has 214 valence electrons. The third-order valence-electron chi connectivity index (χ3n) is 5.64. The number of carbonyl (C=O) groups excluding carboxylic acids is 3. The number of Topliss-reactive ketones (excluding diaryl/α,β-unsaturated/α-hetero) is 1. The summed E-state index contributed by atoms with van der Waals surface area (Å²) in [5, 5.41) is 27.3. The van der Waals surface area contributed by atoms with Crippen LogP contribution in [0.4, 0.5) is 0 Å². The molecule has 3 heterocycles. The number of hydrogen-bond donors (Lipinski definition) is 4. The molecule has 0 radical (unpaired) electrons. The average molecular weight is 635 g/mol. The Labute approximate surface area is 240 Å². The van der Waals surface area contributed by atoms with Crippen LogP contribution in [0.3, 0.4) is 0 Å². The van der Waals surface area contributed by atoms with Crippen molar-refractivity contribution in [1.29, 1.82) is 5.41 Å². The topological polar surface area (TPSA) is 230 Å². The summed E-state index contributed by atoms with van der Waals surface area (Å²) in [6.45, 7) is 3.44. The van der Waals surface area contributed by atoms with E-state index in [1.807, 2.05) is 5.32 Å². The van der Waals surface area contributed by atoms with Crippen LogP contribution in [0.25, 0.3) is 10.7 Å². The molecule has 1 aromatic heterocycles. The second kappa shape index (κ2) is 12.4. The minimum Gasteiger partial charge on any atom is -0.683 e. The van der Waals surface area contributed by atoms with E-state index in [0.29, 0.717) is 8.55 Å². The molecule has 1 saturated heterocycles. The molecule has 0 bridgehead atoms. The molecule has 0 aliphatic carbocycles. The van der Waals surface area contributed by atoms with Crippen LogP contribution in [-0.2, 0) is 34.2 Å². The van der Waals surface area contributed by atoms with Crippen LogP contribution in [0.1, 0.15) is 49.9 Å². The third kappa shape index (κ3) is 7.20. The van der Waals surface area contributed by atoms with Gasteiger partial charge in [-0.1, -0.05) is 48.2 Å². The van der Waals surface area contributed by atoms with E-state index in [4.69, 9.17) is 27.9 Å². The number of nitrogens with one attached hydrogen (secondary N) is 2. The number of sulfonamides is 1. The van der Waals surface area contributed by atoms with Crippen molar-refractivity contribution in [3.63, 3.8) is 0 Å². The number of nitrogens with zero attached hydrogens (tertiary/aromatic N) is 3. The smallest absolute Gasteiger partial charge is 0.261 e. The third-order valence-corrected chi connectivity index (χ3v) is 10.8. The van der Waals surface area contributed by atoms with Crippen LogP contribution < -0.4 is 16.2 Å². The van der Waals surface area contributed by atoms with Gasteiger partial charge < -0.3 is 30.9 Å². The van der Waals surface area contributed by atoms with E-state index in [-0.39, 0.29) is 65.4 Å². The predicted octanol–water partition coefficient (Wildman–Crippen LogP) is 2.02. The molecular formula is C21H25ClN7O6S4-3. The molecule has 0 unspecified atom stereocenters. The molecule has 0 saturated carbocycles. The van der Waals surface area contributed by atoms with Crippen molar-refractivity contribution in [3.8, 4) is 0 Å². The van der Waals surface area contributed by atoms with Crippen molar-refractivity contribution in [2.45, 2.75) is 55.8 Å². The van der Waals surface area contributed by atoms with Gasteiger partial charge >= 0.3 is 0 Å². The van der Waals surface area contributed by atoms with E-state index < -0.39 is 53.9 Å². The highest BCUT2D eigenvalue weighted by Crippen LogP contribution is 2.39. The lowest BCUT2D eigenvalue weighted by Gasteiger charge is -2.38. The minimum atomic E-state index is -4.30. The Bertz CT molecular complexity index is 1460. The quantitative estimate of drug-likeness (QED) is 0.143. The average Bonchev–Trinajstić information content (AvgIpc) is 3.41. The second-order valence-electron chi connectivity index (χ2n) is 8.85. The monoisotopic (exact) mass is 634 g/mol. The number of amidine groups is 1.